The lowest BCUT2D eigenvalue weighted by Gasteiger charge is -2.04. The molecule has 22 heavy (non-hydrogen) atoms. The van der Waals surface area contributed by atoms with Crippen LogP contribution in [0.5, 0.6) is 17.2 Å². The van der Waals surface area contributed by atoms with E-state index >= 15 is 0 Å². The fourth-order valence-electron chi connectivity index (χ4n) is 1.89. The molecule has 3 heteroatoms. The Labute approximate surface area is 132 Å². The molecule has 0 amide bonds. The highest BCUT2D eigenvalue weighted by Gasteiger charge is 2.00. The lowest BCUT2D eigenvalue weighted by Crippen LogP contribution is -1.85. The number of aromatic hydroxyl groups is 1. The molecular weight excluding hydrogens is 276 g/mol. The predicted molar refractivity (Wildman–Crippen MR) is 91.7 cm³/mol. The maximum Gasteiger partial charge on any atom is 0.161 e. The zero-order chi connectivity index (χ0) is 16.4. The second-order valence-electron chi connectivity index (χ2n) is 4.39. The van der Waals surface area contributed by atoms with E-state index in [0.29, 0.717) is 5.75 Å². The standard InChI is InChI=1S/C17H18O3.C2H6/c1-19-15-9-6-13(7-10-15)4-3-5-14-8-11-16(18)17(12-14)20-2;1-2/h3,5-12,18H,4H2,1-2H3;1-2H3/b5-3+;. The van der Waals surface area contributed by atoms with Gasteiger partial charge in [-0.2, -0.15) is 0 Å². The van der Waals surface area contributed by atoms with Crippen molar-refractivity contribution in [2.45, 2.75) is 20.3 Å². The van der Waals surface area contributed by atoms with Crippen molar-refractivity contribution >= 4 is 6.08 Å². The molecule has 0 saturated carbocycles. The fraction of sp³-hybridized carbons (Fsp3) is 0.263. The fourth-order valence-corrected chi connectivity index (χ4v) is 1.89. The number of phenolic OH excluding ortho intramolecular Hbond substituents is 1. The summed E-state index contributed by atoms with van der Waals surface area (Å²) in [5, 5.41) is 9.53. The molecule has 0 aliphatic rings. The van der Waals surface area contributed by atoms with Gasteiger partial charge in [-0.3, -0.25) is 0 Å². The van der Waals surface area contributed by atoms with E-state index in [1.54, 1.807) is 26.4 Å². The van der Waals surface area contributed by atoms with E-state index in [0.717, 1.165) is 17.7 Å². The third-order valence-corrected chi connectivity index (χ3v) is 3.03. The number of rotatable bonds is 5. The number of allylic oxidation sites excluding steroid dienone is 1. The minimum atomic E-state index is 0.153. The second-order valence-corrected chi connectivity index (χ2v) is 4.39. The monoisotopic (exact) mass is 300 g/mol. The Morgan fingerprint density at radius 3 is 2.23 bits per heavy atom. The van der Waals surface area contributed by atoms with Gasteiger partial charge >= 0.3 is 0 Å². The third kappa shape index (κ3) is 5.17. The summed E-state index contributed by atoms with van der Waals surface area (Å²) in [5.41, 5.74) is 2.21. The molecule has 2 rings (SSSR count). The van der Waals surface area contributed by atoms with Gasteiger partial charge in [0, 0.05) is 0 Å². The van der Waals surface area contributed by atoms with Crippen LogP contribution in [-0.2, 0) is 6.42 Å². The number of phenols is 1. The molecule has 0 bridgehead atoms. The molecule has 0 unspecified atom stereocenters. The summed E-state index contributed by atoms with van der Waals surface area (Å²) in [6, 6.07) is 13.3. The Balaban J connectivity index is 0.00000116. The number of ether oxygens (including phenoxy) is 2. The first kappa shape index (κ1) is 17.6. The predicted octanol–water partition coefficient (Wildman–Crippen LogP) is 4.69. The summed E-state index contributed by atoms with van der Waals surface area (Å²) in [4.78, 5) is 0. The zero-order valence-corrected chi connectivity index (χ0v) is 13.7. The van der Waals surface area contributed by atoms with Crippen molar-refractivity contribution in [3.63, 3.8) is 0 Å². The Morgan fingerprint density at radius 2 is 1.64 bits per heavy atom. The van der Waals surface area contributed by atoms with Crippen LogP contribution in [0.25, 0.3) is 6.08 Å². The Bertz CT molecular complexity index is 586. The Hall–Kier alpha value is -2.42. The number of hydrogen-bond donors (Lipinski definition) is 1. The van der Waals surface area contributed by atoms with Gasteiger partial charge in [-0.25, -0.2) is 0 Å². The van der Waals surface area contributed by atoms with Gasteiger partial charge in [0.2, 0.25) is 0 Å². The molecule has 0 fully saturated rings. The van der Waals surface area contributed by atoms with Gasteiger partial charge in [0.05, 0.1) is 14.2 Å². The van der Waals surface area contributed by atoms with E-state index in [4.69, 9.17) is 9.47 Å². The first-order valence-electron chi connectivity index (χ1n) is 7.39. The maximum absolute atomic E-state index is 9.53. The summed E-state index contributed by atoms with van der Waals surface area (Å²) in [7, 11) is 3.20. The lowest BCUT2D eigenvalue weighted by molar-refractivity contribution is 0.373. The molecule has 2 aromatic rings. The van der Waals surface area contributed by atoms with Crippen molar-refractivity contribution in [1.82, 2.24) is 0 Å². The van der Waals surface area contributed by atoms with Gasteiger partial charge in [0.15, 0.2) is 11.5 Å². The van der Waals surface area contributed by atoms with Crippen LogP contribution in [0.1, 0.15) is 25.0 Å². The van der Waals surface area contributed by atoms with E-state index in [1.165, 1.54) is 5.56 Å². The van der Waals surface area contributed by atoms with Gasteiger partial charge < -0.3 is 14.6 Å². The highest BCUT2D eigenvalue weighted by atomic mass is 16.5. The molecule has 0 heterocycles. The largest absolute Gasteiger partial charge is 0.504 e. The Morgan fingerprint density at radius 1 is 0.955 bits per heavy atom. The van der Waals surface area contributed by atoms with Gasteiger partial charge in [-0.05, 0) is 41.8 Å². The molecule has 0 atom stereocenters. The van der Waals surface area contributed by atoms with E-state index in [-0.39, 0.29) is 5.75 Å². The molecule has 0 saturated heterocycles. The van der Waals surface area contributed by atoms with E-state index in [2.05, 4.69) is 6.08 Å². The molecule has 0 aliphatic carbocycles. The smallest absolute Gasteiger partial charge is 0.161 e. The van der Waals surface area contributed by atoms with Crippen molar-refractivity contribution in [2.24, 2.45) is 0 Å². The average Bonchev–Trinajstić information content (AvgIpc) is 2.59. The van der Waals surface area contributed by atoms with Gasteiger partial charge in [0.25, 0.3) is 0 Å². The summed E-state index contributed by atoms with van der Waals surface area (Å²) in [5.74, 6) is 1.50. The molecular formula is C19H24O3. The van der Waals surface area contributed by atoms with E-state index in [1.807, 2.05) is 50.3 Å². The normalized spacial score (nSPS) is 10.0. The molecule has 0 radical (unpaired) electrons. The molecule has 0 aliphatic heterocycles. The average molecular weight is 300 g/mol. The van der Waals surface area contributed by atoms with Crippen LogP contribution in [-0.4, -0.2) is 19.3 Å². The minimum Gasteiger partial charge on any atom is -0.504 e. The van der Waals surface area contributed by atoms with Gasteiger partial charge in [-0.15, -0.1) is 0 Å². The van der Waals surface area contributed by atoms with Crippen LogP contribution in [0.3, 0.4) is 0 Å². The summed E-state index contributed by atoms with van der Waals surface area (Å²) in [6.07, 6.45) is 4.92. The first-order valence-corrected chi connectivity index (χ1v) is 7.39. The second kappa shape index (κ2) is 9.50. The number of methoxy groups -OCH3 is 2. The summed E-state index contributed by atoms with van der Waals surface area (Å²) in [6.45, 7) is 4.00. The zero-order valence-electron chi connectivity index (χ0n) is 13.7. The van der Waals surface area contributed by atoms with Crippen LogP contribution < -0.4 is 9.47 Å². The molecule has 3 nitrogen and oxygen atoms in total. The van der Waals surface area contributed by atoms with Crippen molar-refractivity contribution in [2.75, 3.05) is 14.2 Å². The van der Waals surface area contributed by atoms with Crippen molar-refractivity contribution in [3.8, 4) is 17.2 Å². The van der Waals surface area contributed by atoms with Gasteiger partial charge in [-0.1, -0.05) is 44.2 Å². The van der Waals surface area contributed by atoms with Crippen LogP contribution in [0, 0.1) is 0 Å². The molecule has 2 aromatic carbocycles. The number of hydrogen-bond acceptors (Lipinski definition) is 3. The number of benzene rings is 2. The van der Waals surface area contributed by atoms with Crippen molar-refractivity contribution in [3.05, 3.63) is 59.7 Å². The quantitative estimate of drug-likeness (QED) is 0.870. The lowest BCUT2D eigenvalue weighted by atomic mass is 10.1. The van der Waals surface area contributed by atoms with Crippen LogP contribution in [0.2, 0.25) is 0 Å². The van der Waals surface area contributed by atoms with Crippen LogP contribution >= 0.6 is 0 Å². The third-order valence-electron chi connectivity index (χ3n) is 3.03. The minimum absolute atomic E-state index is 0.153. The van der Waals surface area contributed by atoms with Gasteiger partial charge in [0.1, 0.15) is 5.75 Å². The van der Waals surface area contributed by atoms with Crippen LogP contribution in [0.15, 0.2) is 48.5 Å². The molecule has 1 N–H and O–H groups in total. The molecule has 118 valence electrons. The highest BCUT2D eigenvalue weighted by molar-refractivity contribution is 5.55. The summed E-state index contributed by atoms with van der Waals surface area (Å²) < 4.78 is 10.2. The summed E-state index contributed by atoms with van der Waals surface area (Å²) >= 11 is 0. The Kier molecular flexibility index (Phi) is 7.62. The molecule has 0 spiro atoms. The van der Waals surface area contributed by atoms with Crippen molar-refractivity contribution in [1.29, 1.82) is 0 Å². The first-order chi connectivity index (χ1) is 10.7. The van der Waals surface area contributed by atoms with Crippen LogP contribution in [0.4, 0.5) is 0 Å². The van der Waals surface area contributed by atoms with E-state index in [9.17, 15) is 5.11 Å². The van der Waals surface area contributed by atoms with E-state index < -0.39 is 0 Å². The van der Waals surface area contributed by atoms with Crippen molar-refractivity contribution < 1.29 is 14.6 Å². The maximum atomic E-state index is 9.53. The topological polar surface area (TPSA) is 38.7 Å². The molecule has 0 aromatic heterocycles. The SMILES string of the molecule is CC.COc1ccc(C/C=C/c2ccc(O)c(OC)c2)cc1. The highest BCUT2D eigenvalue weighted by Crippen LogP contribution is 2.26.